The number of carbonyl (C=O) groups is 2. The average Bonchev–Trinajstić information content (AvgIpc) is 3.27. The van der Waals surface area contributed by atoms with Crippen LogP contribution in [0, 0.1) is 24.2 Å². The highest BCUT2D eigenvalue weighted by Gasteiger charge is 2.53. The fourth-order valence-electron chi connectivity index (χ4n) is 5.09. The van der Waals surface area contributed by atoms with Crippen LogP contribution in [0.2, 0.25) is 0 Å². The standard InChI is InChI=1S/C28H40FNO6S/c1-7-9-19-25(33)16(2)10-8-11-28(6)23(36-28)13-21(20(29)12-18-15-37-17(3)30-18)35-24(32)14-22(31)27(4,5)26(19)34/h7,12,15-16,19,21-23,25,31,33H,1,8-11,13-14H2,2-6H3/b20-12-/t16-,19+,21-,22+,23?,25-,28?/m0/s1. The molecular weight excluding hydrogens is 497 g/mol. The van der Waals surface area contributed by atoms with Crippen LogP contribution >= 0.6 is 11.3 Å². The number of halogens is 1. The van der Waals surface area contributed by atoms with Gasteiger partial charge in [-0.1, -0.05) is 33.3 Å². The molecule has 0 saturated carbocycles. The van der Waals surface area contributed by atoms with E-state index in [0.29, 0.717) is 18.5 Å². The lowest BCUT2D eigenvalue weighted by atomic mass is 9.71. The lowest BCUT2D eigenvalue weighted by Crippen LogP contribution is -2.46. The van der Waals surface area contributed by atoms with Gasteiger partial charge in [-0.05, 0) is 45.1 Å². The number of epoxide rings is 1. The van der Waals surface area contributed by atoms with Gasteiger partial charge in [-0.2, -0.15) is 0 Å². The first kappa shape index (κ1) is 29.6. The Kier molecular flexibility index (Phi) is 9.48. The third-order valence-corrected chi connectivity index (χ3v) is 8.67. The Morgan fingerprint density at radius 2 is 2.03 bits per heavy atom. The molecule has 37 heavy (non-hydrogen) atoms. The number of hydrogen-bond donors (Lipinski definition) is 2. The first-order chi connectivity index (χ1) is 17.3. The number of esters is 1. The van der Waals surface area contributed by atoms with Crippen molar-refractivity contribution in [3.63, 3.8) is 0 Å². The Morgan fingerprint density at radius 3 is 2.65 bits per heavy atom. The van der Waals surface area contributed by atoms with Gasteiger partial charge in [0.15, 0.2) is 6.10 Å². The number of ketones is 1. The number of aromatic nitrogens is 1. The van der Waals surface area contributed by atoms with Crippen LogP contribution in [0.3, 0.4) is 0 Å². The Morgan fingerprint density at radius 1 is 1.32 bits per heavy atom. The zero-order valence-electron chi connectivity index (χ0n) is 22.4. The number of aliphatic hydroxyl groups is 2. The molecule has 0 aromatic carbocycles. The fourth-order valence-corrected chi connectivity index (χ4v) is 5.66. The van der Waals surface area contributed by atoms with Crippen LogP contribution in [0.5, 0.6) is 0 Å². The summed E-state index contributed by atoms with van der Waals surface area (Å²) in [5, 5.41) is 24.5. The Hall–Kier alpha value is -1.94. The second kappa shape index (κ2) is 11.8. The highest BCUT2D eigenvalue weighted by atomic mass is 32.1. The molecule has 2 fully saturated rings. The van der Waals surface area contributed by atoms with E-state index in [9.17, 15) is 19.8 Å². The minimum absolute atomic E-state index is 0.131. The van der Waals surface area contributed by atoms with Crippen molar-refractivity contribution in [2.75, 3.05) is 0 Å². The summed E-state index contributed by atoms with van der Waals surface area (Å²) in [5.41, 5.74) is -1.39. The molecule has 2 unspecified atom stereocenters. The number of hydrogen-bond acceptors (Lipinski definition) is 8. The maximum Gasteiger partial charge on any atom is 0.309 e. The van der Waals surface area contributed by atoms with E-state index in [2.05, 4.69) is 11.6 Å². The molecule has 0 radical (unpaired) electrons. The summed E-state index contributed by atoms with van der Waals surface area (Å²) in [6, 6.07) is 0. The van der Waals surface area contributed by atoms with Gasteiger partial charge in [-0.3, -0.25) is 9.59 Å². The molecule has 2 aliphatic rings. The van der Waals surface area contributed by atoms with Crippen molar-refractivity contribution in [2.45, 2.75) is 103 Å². The molecule has 0 amide bonds. The van der Waals surface area contributed by atoms with Crippen molar-refractivity contribution in [2.24, 2.45) is 17.3 Å². The molecular formula is C28H40FNO6S. The van der Waals surface area contributed by atoms with E-state index in [4.69, 9.17) is 9.47 Å². The molecule has 1 aromatic rings. The normalized spacial score (nSPS) is 35.9. The smallest absolute Gasteiger partial charge is 0.309 e. The molecule has 9 heteroatoms. The average molecular weight is 538 g/mol. The zero-order chi connectivity index (χ0) is 27.5. The van der Waals surface area contributed by atoms with Crippen molar-refractivity contribution < 1.29 is 33.7 Å². The maximum atomic E-state index is 15.3. The van der Waals surface area contributed by atoms with Crippen LogP contribution in [0.4, 0.5) is 4.39 Å². The number of thiazole rings is 1. The largest absolute Gasteiger partial charge is 0.455 e. The molecule has 7 atom stereocenters. The highest BCUT2D eigenvalue weighted by molar-refractivity contribution is 7.09. The number of rotatable bonds is 4. The van der Waals surface area contributed by atoms with E-state index in [0.717, 1.165) is 11.4 Å². The zero-order valence-corrected chi connectivity index (χ0v) is 23.2. The fraction of sp³-hybridized carbons (Fsp3) is 0.679. The van der Waals surface area contributed by atoms with Crippen LogP contribution in [0.25, 0.3) is 6.08 Å². The van der Waals surface area contributed by atoms with Crippen LogP contribution in [-0.4, -0.2) is 57.0 Å². The van der Waals surface area contributed by atoms with Gasteiger partial charge in [0, 0.05) is 17.7 Å². The second-order valence-electron chi connectivity index (χ2n) is 11.3. The van der Waals surface area contributed by atoms with E-state index in [-0.39, 0.29) is 30.6 Å². The number of allylic oxidation sites excluding steroid dienone is 1. The predicted molar refractivity (Wildman–Crippen MR) is 140 cm³/mol. The van der Waals surface area contributed by atoms with Crippen LogP contribution < -0.4 is 0 Å². The molecule has 206 valence electrons. The summed E-state index contributed by atoms with van der Waals surface area (Å²) in [6.45, 7) is 12.5. The van der Waals surface area contributed by atoms with E-state index in [1.54, 1.807) is 25.3 Å². The van der Waals surface area contributed by atoms with Crippen molar-refractivity contribution in [1.29, 1.82) is 0 Å². The van der Waals surface area contributed by atoms with Gasteiger partial charge in [-0.15, -0.1) is 17.9 Å². The third-order valence-electron chi connectivity index (χ3n) is 7.88. The molecule has 1 aromatic heterocycles. The van der Waals surface area contributed by atoms with Crippen molar-refractivity contribution in [3.05, 3.63) is 34.6 Å². The molecule has 0 bridgehead atoms. The first-order valence-electron chi connectivity index (χ1n) is 13.0. The van der Waals surface area contributed by atoms with Crippen LogP contribution in [-0.2, 0) is 19.1 Å². The number of aryl methyl sites for hydroxylation is 1. The SMILES string of the molecule is C=CC[C@H]1C(=O)C(C)(C)[C@H](O)CC(=O)O[C@H](/C(F)=C/c2csc(C)n2)CC2OC2(C)CCC[C@H](C)[C@@H]1O. The van der Waals surface area contributed by atoms with Gasteiger partial charge in [0.2, 0.25) is 0 Å². The Labute approximate surface area is 222 Å². The Balaban J connectivity index is 1.88. The van der Waals surface area contributed by atoms with E-state index in [1.165, 1.54) is 17.4 Å². The molecule has 3 rings (SSSR count). The molecule has 2 N–H and O–H groups in total. The quantitative estimate of drug-likeness (QED) is 0.318. The van der Waals surface area contributed by atoms with Gasteiger partial charge >= 0.3 is 5.97 Å². The minimum Gasteiger partial charge on any atom is -0.455 e. The summed E-state index contributed by atoms with van der Waals surface area (Å²) >= 11 is 1.39. The number of Topliss-reactive ketones (excluding diaryl/α,β-unsaturated/α-hetero) is 1. The third kappa shape index (κ3) is 7.13. The molecule has 3 heterocycles. The summed E-state index contributed by atoms with van der Waals surface area (Å²) in [7, 11) is 0. The Bertz CT molecular complexity index is 1020. The molecule has 0 spiro atoms. The van der Waals surface area contributed by atoms with Gasteiger partial charge in [0.25, 0.3) is 0 Å². The van der Waals surface area contributed by atoms with Crippen LogP contribution in [0.15, 0.2) is 23.9 Å². The second-order valence-corrected chi connectivity index (χ2v) is 12.3. The van der Waals surface area contributed by atoms with Gasteiger partial charge in [0.1, 0.15) is 11.6 Å². The van der Waals surface area contributed by atoms with Crippen molar-refractivity contribution in [3.8, 4) is 0 Å². The summed E-state index contributed by atoms with van der Waals surface area (Å²) in [4.78, 5) is 30.6. The summed E-state index contributed by atoms with van der Waals surface area (Å²) < 4.78 is 26.8. The first-order valence-corrected chi connectivity index (χ1v) is 13.8. The van der Waals surface area contributed by atoms with Crippen LogP contribution in [0.1, 0.15) is 76.9 Å². The number of cyclic esters (lactones) is 1. The van der Waals surface area contributed by atoms with Gasteiger partial charge in [0.05, 0.1) is 46.5 Å². The van der Waals surface area contributed by atoms with Crippen molar-refractivity contribution >= 4 is 29.2 Å². The molecule has 0 aliphatic carbocycles. The number of ether oxygens (including phenoxy) is 2. The number of carbonyl (C=O) groups excluding carboxylic acids is 2. The van der Waals surface area contributed by atoms with E-state index in [1.807, 2.05) is 20.8 Å². The predicted octanol–water partition coefficient (Wildman–Crippen LogP) is 4.94. The molecule has 2 aliphatic heterocycles. The van der Waals surface area contributed by atoms with Crippen molar-refractivity contribution in [1.82, 2.24) is 4.98 Å². The lowest BCUT2D eigenvalue weighted by Gasteiger charge is -2.35. The topological polar surface area (TPSA) is 109 Å². The number of nitrogens with zero attached hydrogens (tertiary/aromatic N) is 1. The monoisotopic (exact) mass is 537 g/mol. The van der Waals surface area contributed by atoms with Gasteiger partial charge in [-0.25, -0.2) is 9.37 Å². The maximum absolute atomic E-state index is 15.3. The molecule has 7 nitrogen and oxygen atoms in total. The lowest BCUT2D eigenvalue weighted by molar-refractivity contribution is -0.155. The summed E-state index contributed by atoms with van der Waals surface area (Å²) in [5.74, 6) is -2.75. The number of fused-ring (bicyclic) bond motifs is 1. The minimum atomic E-state index is -1.38. The highest BCUT2D eigenvalue weighted by Crippen LogP contribution is 2.45. The molecule has 2 saturated heterocycles. The van der Waals surface area contributed by atoms with Gasteiger partial charge < -0.3 is 19.7 Å². The van der Waals surface area contributed by atoms with E-state index < -0.39 is 53.5 Å². The summed E-state index contributed by atoms with van der Waals surface area (Å²) in [6.07, 6.45) is 1.04. The number of aliphatic hydroxyl groups excluding tert-OH is 2. The van der Waals surface area contributed by atoms with E-state index >= 15 is 4.39 Å².